The molecule has 0 atom stereocenters. The van der Waals surface area contributed by atoms with Crippen LogP contribution in [0.5, 0.6) is 5.75 Å². The van der Waals surface area contributed by atoms with Gasteiger partial charge in [-0.15, -0.1) is 0 Å². The van der Waals surface area contributed by atoms with E-state index in [4.69, 9.17) is 16.3 Å². The zero-order valence-corrected chi connectivity index (χ0v) is 13.4. The zero-order valence-electron chi connectivity index (χ0n) is 11.8. The Morgan fingerprint density at radius 2 is 2.24 bits per heavy atom. The Balaban J connectivity index is 1.82. The lowest BCUT2D eigenvalue weighted by atomic mass is 10.1. The number of rotatable bonds is 1. The van der Waals surface area contributed by atoms with Crippen molar-refractivity contribution in [1.82, 2.24) is 4.90 Å². The second-order valence-corrected chi connectivity index (χ2v) is 6.64. The maximum Gasteiger partial charge on any atom is 0.168 e. The number of ether oxygens (including phenoxy) is 1. The van der Waals surface area contributed by atoms with Gasteiger partial charge in [0.2, 0.25) is 0 Å². The Morgan fingerprint density at radius 1 is 1.33 bits per heavy atom. The minimum Gasteiger partial charge on any atom is -0.489 e. The molecule has 0 fully saturated rings. The van der Waals surface area contributed by atoms with Crippen LogP contribution in [0.25, 0.3) is 5.70 Å². The van der Waals surface area contributed by atoms with Crippen LogP contribution in [0.4, 0.5) is 5.69 Å². The monoisotopic (exact) mass is 321 g/mol. The van der Waals surface area contributed by atoms with E-state index in [1.807, 2.05) is 12.1 Å². The second-order valence-electron chi connectivity index (χ2n) is 5.36. The first-order valence-electron chi connectivity index (χ1n) is 7.11. The van der Waals surface area contributed by atoms with Gasteiger partial charge in [-0.05, 0) is 18.6 Å². The molecule has 0 saturated carbocycles. The summed E-state index contributed by atoms with van der Waals surface area (Å²) in [5.41, 5.74) is 3.30. The molecule has 110 valence electrons. The number of fused-ring (bicyclic) bond motifs is 2. The van der Waals surface area contributed by atoms with E-state index in [9.17, 15) is 0 Å². The molecule has 0 saturated heterocycles. The van der Waals surface area contributed by atoms with Crippen molar-refractivity contribution in [3.05, 3.63) is 28.1 Å². The predicted molar refractivity (Wildman–Crippen MR) is 89.4 cm³/mol. The number of aliphatic imine (C=N–C) groups is 1. The van der Waals surface area contributed by atoms with E-state index in [1.165, 1.54) is 0 Å². The van der Waals surface area contributed by atoms with Crippen molar-refractivity contribution < 1.29 is 4.74 Å². The van der Waals surface area contributed by atoms with Gasteiger partial charge in [-0.3, -0.25) is 4.99 Å². The molecular formula is C15H16ClN3OS. The first-order chi connectivity index (χ1) is 10.2. The van der Waals surface area contributed by atoms with Gasteiger partial charge in [-0.1, -0.05) is 23.4 Å². The van der Waals surface area contributed by atoms with E-state index in [0.717, 1.165) is 58.9 Å². The Labute approximate surface area is 133 Å². The molecule has 21 heavy (non-hydrogen) atoms. The molecule has 0 spiro atoms. The highest BCUT2D eigenvalue weighted by Crippen LogP contribution is 2.44. The minimum atomic E-state index is 0.708. The van der Waals surface area contributed by atoms with Crippen molar-refractivity contribution in [2.75, 3.05) is 38.2 Å². The molecular weight excluding hydrogens is 306 g/mol. The van der Waals surface area contributed by atoms with Gasteiger partial charge < -0.3 is 14.5 Å². The van der Waals surface area contributed by atoms with Crippen LogP contribution in [0.1, 0.15) is 12.0 Å². The molecule has 0 aromatic heterocycles. The molecule has 0 aliphatic carbocycles. The molecule has 0 N–H and O–H groups in total. The van der Waals surface area contributed by atoms with Gasteiger partial charge in [0.25, 0.3) is 0 Å². The summed E-state index contributed by atoms with van der Waals surface area (Å²) in [5, 5.41) is 4.00. The van der Waals surface area contributed by atoms with Crippen LogP contribution in [0.2, 0.25) is 5.02 Å². The van der Waals surface area contributed by atoms with Crippen molar-refractivity contribution in [2.24, 2.45) is 4.99 Å². The first kappa shape index (κ1) is 13.3. The number of amidine groups is 1. The summed E-state index contributed by atoms with van der Waals surface area (Å²) in [6.07, 6.45) is 1.09. The summed E-state index contributed by atoms with van der Waals surface area (Å²) in [7, 11) is 2.08. The van der Waals surface area contributed by atoms with Gasteiger partial charge in [0.05, 0.1) is 17.9 Å². The number of halogens is 1. The standard InChI is InChI=1S/C15H16ClN3OS/c1-18-5-6-20-14-11(7-10(16)8-12(14)18)13-9-21-15-17-3-2-4-19(13)15/h7-9H,2-6H2,1H3. The third-order valence-corrected chi connectivity index (χ3v) is 5.10. The number of thioether (sulfide) groups is 1. The highest BCUT2D eigenvalue weighted by atomic mass is 35.5. The van der Waals surface area contributed by atoms with E-state index >= 15 is 0 Å². The van der Waals surface area contributed by atoms with Gasteiger partial charge in [-0.2, -0.15) is 0 Å². The van der Waals surface area contributed by atoms with Gasteiger partial charge in [-0.25, -0.2) is 0 Å². The molecule has 3 aliphatic rings. The average Bonchev–Trinajstić information content (AvgIpc) is 2.91. The van der Waals surface area contributed by atoms with Crippen LogP contribution in [-0.4, -0.2) is 43.4 Å². The molecule has 0 unspecified atom stereocenters. The van der Waals surface area contributed by atoms with Gasteiger partial charge in [0.15, 0.2) is 10.9 Å². The molecule has 4 nitrogen and oxygen atoms in total. The summed E-state index contributed by atoms with van der Waals surface area (Å²) in [5.74, 6) is 0.937. The van der Waals surface area contributed by atoms with Crippen molar-refractivity contribution >= 4 is 39.9 Å². The third-order valence-electron chi connectivity index (χ3n) is 3.98. The first-order valence-corrected chi connectivity index (χ1v) is 8.36. The third kappa shape index (κ3) is 2.19. The van der Waals surface area contributed by atoms with E-state index < -0.39 is 0 Å². The Morgan fingerprint density at radius 3 is 3.14 bits per heavy atom. The lowest BCUT2D eigenvalue weighted by Gasteiger charge is -2.32. The van der Waals surface area contributed by atoms with Gasteiger partial charge in [0.1, 0.15) is 6.61 Å². The predicted octanol–water partition coefficient (Wildman–Crippen LogP) is 3.28. The number of likely N-dealkylation sites (N-methyl/N-ethyl adjacent to an activating group) is 1. The van der Waals surface area contributed by atoms with Crippen molar-refractivity contribution in [3.8, 4) is 5.75 Å². The zero-order chi connectivity index (χ0) is 14.4. The van der Waals surface area contributed by atoms with E-state index in [2.05, 4.69) is 27.2 Å². The van der Waals surface area contributed by atoms with Crippen LogP contribution >= 0.6 is 23.4 Å². The lowest BCUT2D eigenvalue weighted by molar-refractivity contribution is 0.309. The Bertz CT molecular complexity index is 659. The summed E-state index contributed by atoms with van der Waals surface area (Å²) in [6.45, 7) is 3.53. The highest BCUT2D eigenvalue weighted by molar-refractivity contribution is 8.16. The van der Waals surface area contributed by atoms with E-state index in [0.29, 0.717) is 6.61 Å². The smallest absolute Gasteiger partial charge is 0.168 e. The van der Waals surface area contributed by atoms with Crippen LogP contribution < -0.4 is 9.64 Å². The lowest BCUT2D eigenvalue weighted by Crippen LogP contribution is -2.31. The second kappa shape index (κ2) is 5.14. The van der Waals surface area contributed by atoms with Crippen LogP contribution in [0.15, 0.2) is 22.5 Å². The quantitative estimate of drug-likeness (QED) is 0.793. The highest BCUT2D eigenvalue weighted by Gasteiger charge is 2.30. The molecule has 1 aromatic rings. The number of hydrogen-bond acceptors (Lipinski definition) is 5. The molecule has 3 heterocycles. The molecule has 1 aromatic carbocycles. The number of benzene rings is 1. The average molecular weight is 322 g/mol. The summed E-state index contributed by atoms with van der Waals surface area (Å²) in [4.78, 5) is 9.06. The topological polar surface area (TPSA) is 28.1 Å². The maximum absolute atomic E-state index is 6.34. The largest absolute Gasteiger partial charge is 0.489 e. The van der Waals surface area contributed by atoms with Gasteiger partial charge >= 0.3 is 0 Å². The van der Waals surface area contributed by atoms with Crippen molar-refractivity contribution in [1.29, 1.82) is 0 Å². The van der Waals surface area contributed by atoms with Crippen molar-refractivity contribution in [2.45, 2.75) is 6.42 Å². The van der Waals surface area contributed by atoms with Crippen LogP contribution in [0.3, 0.4) is 0 Å². The maximum atomic E-state index is 6.34. The van der Waals surface area contributed by atoms with Crippen molar-refractivity contribution in [3.63, 3.8) is 0 Å². The fourth-order valence-electron chi connectivity index (χ4n) is 2.90. The van der Waals surface area contributed by atoms with Gasteiger partial charge in [0, 0.05) is 36.1 Å². The summed E-state index contributed by atoms with van der Waals surface area (Å²) in [6, 6.07) is 3.98. The Hall–Kier alpha value is -1.33. The normalized spacial score (nSPS) is 20.5. The molecule has 4 rings (SSSR count). The number of hydrogen-bond donors (Lipinski definition) is 0. The molecule has 0 radical (unpaired) electrons. The fraction of sp³-hybridized carbons (Fsp3) is 0.400. The van der Waals surface area contributed by atoms with E-state index in [-0.39, 0.29) is 0 Å². The van der Waals surface area contributed by atoms with Crippen LogP contribution in [0, 0.1) is 0 Å². The fourth-order valence-corrected chi connectivity index (χ4v) is 4.07. The summed E-state index contributed by atoms with van der Waals surface area (Å²) < 4.78 is 5.96. The van der Waals surface area contributed by atoms with E-state index in [1.54, 1.807) is 11.8 Å². The van der Waals surface area contributed by atoms with Crippen LogP contribution in [-0.2, 0) is 0 Å². The number of nitrogens with zero attached hydrogens (tertiary/aromatic N) is 3. The Kier molecular flexibility index (Phi) is 3.27. The molecule has 0 amide bonds. The molecule has 6 heteroatoms. The number of anilines is 1. The molecule has 0 bridgehead atoms. The SMILES string of the molecule is CN1CCOc2c(C3=CSC4=NCCCN34)cc(Cl)cc21. The minimum absolute atomic E-state index is 0.708. The molecule has 3 aliphatic heterocycles. The summed E-state index contributed by atoms with van der Waals surface area (Å²) >= 11 is 8.02.